The van der Waals surface area contributed by atoms with Gasteiger partial charge in [0.1, 0.15) is 29.6 Å². The standard InChI is InChI=1S/C24H22O5/c1-16-3-8-20(9-4-16)29-15-18-13-17(6-12-24(18)28-2)5-11-22(26)21-10-7-19(25)14-23(21)27/h3-14,25,27H,15H2,1-2H3/b11-5+. The summed E-state index contributed by atoms with van der Waals surface area (Å²) in [4.78, 5) is 12.3. The first-order valence-electron chi connectivity index (χ1n) is 9.07. The van der Waals surface area contributed by atoms with Gasteiger partial charge in [0.2, 0.25) is 0 Å². The average molecular weight is 390 g/mol. The molecule has 0 bridgehead atoms. The van der Waals surface area contributed by atoms with Gasteiger partial charge in [-0.15, -0.1) is 0 Å². The number of phenols is 2. The van der Waals surface area contributed by atoms with E-state index < -0.39 is 0 Å². The van der Waals surface area contributed by atoms with Crippen molar-refractivity contribution in [1.82, 2.24) is 0 Å². The average Bonchev–Trinajstić information content (AvgIpc) is 2.71. The summed E-state index contributed by atoms with van der Waals surface area (Å²) in [6.45, 7) is 2.34. The molecule has 0 spiro atoms. The molecule has 5 nitrogen and oxygen atoms in total. The van der Waals surface area contributed by atoms with Gasteiger partial charge in [-0.05, 0) is 55.0 Å². The second-order valence-electron chi connectivity index (χ2n) is 6.57. The lowest BCUT2D eigenvalue weighted by molar-refractivity contribution is 0.104. The first kappa shape index (κ1) is 20.0. The van der Waals surface area contributed by atoms with Crippen LogP contribution >= 0.6 is 0 Å². The maximum Gasteiger partial charge on any atom is 0.189 e. The highest BCUT2D eigenvalue weighted by atomic mass is 16.5. The van der Waals surface area contributed by atoms with Crippen molar-refractivity contribution < 1.29 is 24.5 Å². The summed E-state index contributed by atoms with van der Waals surface area (Å²) in [5.41, 5.74) is 2.91. The Hall–Kier alpha value is -3.73. The number of aryl methyl sites for hydroxylation is 1. The minimum absolute atomic E-state index is 0.101. The molecular formula is C24H22O5. The van der Waals surface area contributed by atoms with Gasteiger partial charge in [-0.3, -0.25) is 4.79 Å². The second-order valence-corrected chi connectivity index (χ2v) is 6.57. The zero-order chi connectivity index (χ0) is 20.8. The van der Waals surface area contributed by atoms with Crippen LogP contribution in [-0.4, -0.2) is 23.1 Å². The highest BCUT2D eigenvalue weighted by Crippen LogP contribution is 2.25. The van der Waals surface area contributed by atoms with E-state index in [9.17, 15) is 15.0 Å². The zero-order valence-corrected chi connectivity index (χ0v) is 16.3. The molecule has 2 N–H and O–H groups in total. The summed E-state index contributed by atoms with van der Waals surface area (Å²) in [6, 6.07) is 17.2. The fourth-order valence-corrected chi connectivity index (χ4v) is 2.80. The Balaban J connectivity index is 1.75. The largest absolute Gasteiger partial charge is 0.508 e. The van der Waals surface area contributed by atoms with E-state index in [-0.39, 0.29) is 22.8 Å². The Morgan fingerprint density at radius 2 is 1.76 bits per heavy atom. The van der Waals surface area contributed by atoms with Gasteiger partial charge >= 0.3 is 0 Å². The number of methoxy groups -OCH3 is 1. The minimum atomic E-state index is -0.365. The molecule has 0 heterocycles. The van der Waals surface area contributed by atoms with Crippen molar-refractivity contribution in [1.29, 1.82) is 0 Å². The van der Waals surface area contributed by atoms with Gasteiger partial charge in [0, 0.05) is 11.6 Å². The van der Waals surface area contributed by atoms with Crippen LogP contribution in [0.4, 0.5) is 0 Å². The predicted octanol–water partition coefficient (Wildman–Crippen LogP) is 4.89. The van der Waals surface area contributed by atoms with Crippen molar-refractivity contribution in [2.45, 2.75) is 13.5 Å². The highest BCUT2D eigenvalue weighted by molar-refractivity contribution is 6.08. The highest BCUT2D eigenvalue weighted by Gasteiger charge is 2.09. The van der Waals surface area contributed by atoms with Gasteiger partial charge in [0.15, 0.2) is 5.78 Å². The molecule has 148 valence electrons. The van der Waals surface area contributed by atoms with Gasteiger partial charge in [-0.25, -0.2) is 0 Å². The number of benzene rings is 3. The maximum absolute atomic E-state index is 12.3. The van der Waals surface area contributed by atoms with Crippen LogP contribution < -0.4 is 9.47 Å². The molecule has 0 saturated carbocycles. The van der Waals surface area contributed by atoms with E-state index in [1.54, 1.807) is 13.2 Å². The number of rotatable bonds is 7. The molecule has 0 saturated heterocycles. The molecule has 0 amide bonds. The van der Waals surface area contributed by atoms with Gasteiger partial charge in [-0.2, -0.15) is 0 Å². The summed E-state index contributed by atoms with van der Waals surface area (Å²) in [5.74, 6) is 0.724. The van der Waals surface area contributed by atoms with E-state index in [1.807, 2.05) is 49.4 Å². The minimum Gasteiger partial charge on any atom is -0.508 e. The maximum atomic E-state index is 12.3. The molecular weight excluding hydrogens is 368 g/mol. The van der Waals surface area contributed by atoms with Gasteiger partial charge < -0.3 is 19.7 Å². The van der Waals surface area contributed by atoms with Crippen LogP contribution in [0.1, 0.15) is 27.0 Å². The fourth-order valence-electron chi connectivity index (χ4n) is 2.80. The van der Waals surface area contributed by atoms with E-state index in [0.29, 0.717) is 12.4 Å². The van der Waals surface area contributed by atoms with E-state index in [4.69, 9.17) is 9.47 Å². The Kier molecular flexibility index (Phi) is 6.19. The molecule has 0 aromatic heterocycles. The van der Waals surface area contributed by atoms with Gasteiger partial charge in [0.05, 0.1) is 12.7 Å². The van der Waals surface area contributed by atoms with Crippen LogP contribution in [0.2, 0.25) is 0 Å². The summed E-state index contributed by atoms with van der Waals surface area (Å²) >= 11 is 0. The van der Waals surface area contributed by atoms with Gasteiger partial charge in [-0.1, -0.05) is 29.8 Å². The number of phenolic OH excluding ortho intramolecular Hbond substituents is 2. The van der Waals surface area contributed by atoms with Crippen LogP contribution in [0.3, 0.4) is 0 Å². The van der Waals surface area contributed by atoms with Crippen molar-refractivity contribution in [2.75, 3.05) is 7.11 Å². The van der Waals surface area contributed by atoms with Crippen LogP contribution in [0.5, 0.6) is 23.0 Å². The van der Waals surface area contributed by atoms with E-state index >= 15 is 0 Å². The quantitative estimate of drug-likeness (QED) is 0.444. The van der Waals surface area contributed by atoms with Crippen molar-refractivity contribution in [2.24, 2.45) is 0 Å². The molecule has 0 aliphatic carbocycles. The van der Waals surface area contributed by atoms with Crippen molar-refractivity contribution in [3.8, 4) is 23.0 Å². The molecule has 0 unspecified atom stereocenters. The monoisotopic (exact) mass is 390 g/mol. The smallest absolute Gasteiger partial charge is 0.189 e. The molecule has 3 rings (SSSR count). The van der Waals surface area contributed by atoms with Crippen molar-refractivity contribution in [3.05, 3.63) is 89.0 Å². The Morgan fingerprint density at radius 3 is 2.45 bits per heavy atom. The third kappa shape index (κ3) is 5.17. The normalized spacial score (nSPS) is 10.8. The Labute approximate surface area is 169 Å². The predicted molar refractivity (Wildman–Crippen MR) is 112 cm³/mol. The lowest BCUT2D eigenvalue weighted by Gasteiger charge is -2.11. The number of ether oxygens (including phenoxy) is 2. The number of allylic oxidation sites excluding steroid dienone is 1. The zero-order valence-electron chi connectivity index (χ0n) is 16.3. The first-order valence-corrected chi connectivity index (χ1v) is 9.07. The van der Waals surface area contributed by atoms with Crippen molar-refractivity contribution >= 4 is 11.9 Å². The number of hydrogen-bond donors (Lipinski definition) is 2. The Bertz CT molecular complexity index is 1040. The topological polar surface area (TPSA) is 76.0 Å². The first-order chi connectivity index (χ1) is 14.0. The summed E-state index contributed by atoms with van der Waals surface area (Å²) in [5, 5.41) is 19.2. The summed E-state index contributed by atoms with van der Waals surface area (Å²) in [6.07, 6.45) is 3.03. The van der Waals surface area contributed by atoms with E-state index in [0.717, 1.165) is 28.5 Å². The van der Waals surface area contributed by atoms with E-state index in [2.05, 4.69) is 0 Å². The SMILES string of the molecule is COc1ccc(/C=C/C(=O)c2ccc(O)cc2O)cc1COc1ccc(C)cc1. The molecule has 0 atom stereocenters. The van der Waals surface area contributed by atoms with Crippen LogP contribution in [-0.2, 0) is 6.61 Å². The van der Waals surface area contributed by atoms with Crippen molar-refractivity contribution in [3.63, 3.8) is 0 Å². The molecule has 3 aromatic carbocycles. The fraction of sp³-hybridized carbons (Fsp3) is 0.125. The molecule has 0 aliphatic heterocycles. The number of hydrogen-bond acceptors (Lipinski definition) is 5. The van der Waals surface area contributed by atoms with Crippen LogP contribution in [0.15, 0.2) is 66.7 Å². The lowest BCUT2D eigenvalue weighted by Crippen LogP contribution is -1.99. The molecule has 5 heteroatoms. The lowest BCUT2D eigenvalue weighted by atomic mass is 10.1. The third-order valence-corrected chi connectivity index (χ3v) is 4.39. The molecule has 0 radical (unpaired) electrons. The van der Waals surface area contributed by atoms with Crippen LogP contribution in [0, 0.1) is 6.92 Å². The number of carbonyl (C=O) groups excluding carboxylic acids is 1. The van der Waals surface area contributed by atoms with Crippen LogP contribution in [0.25, 0.3) is 6.08 Å². The summed E-state index contributed by atoms with van der Waals surface area (Å²) in [7, 11) is 1.59. The number of carbonyl (C=O) groups is 1. The number of ketones is 1. The second kappa shape index (κ2) is 8.97. The molecule has 0 fully saturated rings. The molecule has 29 heavy (non-hydrogen) atoms. The molecule has 3 aromatic rings. The number of aromatic hydroxyl groups is 2. The molecule has 0 aliphatic rings. The van der Waals surface area contributed by atoms with E-state index in [1.165, 1.54) is 18.2 Å². The van der Waals surface area contributed by atoms with Gasteiger partial charge in [0.25, 0.3) is 0 Å². The third-order valence-electron chi connectivity index (χ3n) is 4.39. The summed E-state index contributed by atoms with van der Waals surface area (Å²) < 4.78 is 11.2. The Morgan fingerprint density at radius 1 is 1.00 bits per heavy atom.